The van der Waals surface area contributed by atoms with Crippen molar-refractivity contribution in [3.05, 3.63) is 35.7 Å². The van der Waals surface area contributed by atoms with Crippen molar-refractivity contribution in [1.82, 2.24) is 10.3 Å². The largest absolute Gasteiger partial charge is 0.478 e. The second kappa shape index (κ2) is 6.29. The number of carboxylic acid groups (broad SMARTS) is 1. The first-order valence-corrected chi connectivity index (χ1v) is 6.29. The summed E-state index contributed by atoms with van der Waals surface area (Å²) in [6.45, 7) is 0. The van der Waals surface area contributed by atoms with Crippen molar-refractivity contribution in [2.45, 2.75) is 25.0 Å². The van der Waals surface area contributed by atoms with Gasteiger partial charge in [0.15, 0.2) is 0 Å². The number of hydrogen-bond donors (Lipinski definition) is 2. The van der Waals surface area contributed by atoms with Gasteiger partial charge in [0, 0.05) is 42.7 Å². The minimum absolute atomic E-state index is 0.108. The predicted molar refractivity (Wildman–Crippen MR) is 72.2 cm³/mol. The summed E-state index contributed by atoms with van der Waals surface area (Å²) >= 11 is 0. The summed E-state index contributed by atoms with van der Waals surface area (Å²) in [5, 5.41) is 11.5. The van der Waals surface area contributed by atoms with Gasteiger partial charge in [-0.2, -0.15) is 0 Å². The third kappa shape index (κ3) is 3.42. The molecule has 0 saturated heterocycles. The van der Waals surface area contributed by atoms with Crippen molar-refractivity contribution in [2.24, 2.45) is 0 Å². The van der Waals surface area contributed by atoms with Crippen molar-refractivity contribution in [3.63, 3.8) is 0 Å². The van der Waals surface area contributed by atoms with E-state index in [1.54, 1.807) is 13.2 Å². The van der Waals surface area contributed by atoms with Crippen molar-refractivity contribution < 1.29 is 19.4 Å². The van der Waals surface area contributed by atoms with Gasteiger partial charge in [0.25, 0.3) is 5.91 Å². The van der Waals surface area contributed by atoms with E-state index >= 15 is 0 Å². The van der Waals surface area contributed by atoms with Crippen LogP contribution in [0.25, 0.3) is 6.08 Å². The number of amides is 1. The Balaban J connectivity index is 2.04. The lowest BCUT2D eigenvalue weighted by atomic mass is 9.89. The maximum Gasteiger partial charge on any atom is 0.328 e. The number of rotatable bonds is 5. The zero-order chi connectivity index (χ0) is 14.5. The molecule has 20 heavy (non-hydrogen) atoms. The van der Waals surface area contributed by atoms with Crippen molar-refractivity contribution in [3.8, 4) is 0 Å². The summed E-state index contributed by atoms with van der Waals surface area (Å²) in [5.74, 6) is -1.29. The van der Waals surface area contributed by atoms with E-state index in [4.69, 9.17) is 9.84 Å². The summed E-state index contributed by atoms with van der Waals surface area (Å²) in [4.78, 5) is 26.6. The molecule has 1 aliphatic carbocycles. The number of aromatic nitrogens is 1. The number of carbonyl (C=O) groups is 2. The van der Waals surface area contributed by atoms with Crippen molar-refractivity contribution in [2.75, 3.05) is 7.11 Å². The number of carbonyl (C=O) groups excluding carboxylic acids is 1. The molecule has 0 atom stereocenters. The van der Waals surface area contributed by atoms with Crippen LogP contribution in [0.15, 0.2) is 24.5 Å². The fraction of sp³-hybridized carbons (Fsp3) is 0.357. The second-order valence-corrected chi connectivity index (χ2v) is 4.63. The first-order chi connectivity index (χ1) is 9.60. The number of pyridine rings is 1. The fourth-order valence-electron chi connectivity index (χ4n) is 2.05. The normalized spacial score (nSPS) is 21.4. The maximum absolute atomic E-state index is 12.1. The Morgan fingerprint density at radius 2 is 2.25 bits per heavy atom. The molecule has 1 amide bonds. The molecule has 6 nitrogen and oxygen atoms in total. The molecule has 0 aliphatic heterocycles. The van der Waals surface area contributed by atoms with Gasteiger partial charge in [0.1, 0.15) is 0 Å². The van der Waals surface area contributed by atoms with Gasteiger partial charge in [-0.1, -0.05) is 0 Å². The molecular formula is C14H16N2O4. The Hall–Kier alpha value is -2.21. The van der Waals surface area contributed by atoms with Crippen LogP contribution in [0, 0.1) is 0 Å². The summed E-state index contributed by atoms with van der Waals surface area (Å²) < 4.78 is 5.15. The first-order valence-electron chi connectivity index (χ1n) is 6.29. The number of hydrogen-bond acceptors (Lipinski definition) is 4. The third-order valence-electron chi connectivity index (χ3n) is 3.27. The van der Waals surface area contributed by atoms with Gasteiger partial charge in [-0.05, 0) is 25.0 Å². The highest BCUT2D eigenvalue weighted by molar-refractivity contribution is 5.99. The van der Waals surface area contributed by atoms with Crippen LogP contribution in [0.1, 0.15) is 28.8 Å². The molecule has 1 aromatic heterocycles. The van der Waals surface area contributed by atoms with Crippen molar-refractivity contribution in [1.29, 1.82) is 0 Å². The summed E-state index contributed by atoms with van der Waals surface area (Å²) in [6.07, 6.45) is 7.13. The van der Waals surface area contributed by atoms with Crippen LogP contribution in [-0.2, 0) is 9.53 Å². The lowest BCUT2D eigenvalue weighted by Gasteiger charge is -2.34. The molecule has 0 spiro atoms. The Morgan fingerprint density at radius 3 is 2.90 bits per heavy atom. The summed E-state index contributed by atoms with van der Waals surface area (Å²) in [5.41, 5.74) is 0.897. The zero-order valence-corrected chi connectivity index (χ0v) is 11.1. The molecule has 1 aliphatic rings. The smallest absolute Gasteiger partial charge is 0.328 e. The summed E-state index contributed by atoms with van der Waals surface area (Å²) in [6, 6.07) is 1.68. The van der Waals surface area contributed by atoms with E-state index in [-0.39, 0.29) is 18.1 Å². The minimum atomic E-state index is -1.07. The van der Waals surface area contributed by atoms with Crippen LogP contribution in [-0.4, -0.2) is 41.2 Å². The Morgan fingerprint density at radius 1 is 1.50 bits per heavy atom. The Bertz CT molecular complexity index is 536. The number of ether oxygens (including phenoxy) is 1. The van der Waals surface area contributed by atoms with Crippen LogP contribution < -0.4 is 5.32 Å². The van der Waals surface area contributed by atoms with E-state index < -0.39 is 5.97 Å². The highest BCUT2D eigenvalue weighted by Crippen LogP contribution is 2.23. The van der Waals surface area contributed by atoms with Crippen LogP contribution >= 0.6 is 0 Å². The molecule has 1 fully saturated rings. The third-order valence-corrected chi connectivity index (χ3v) is 3.27. The molecule has 1 saturated carbocycles. The highest BCUT2D eigenvalue weighted by Gasteiger charge is 2.30. The van der Waals surface area contributed by atoms with Crippen LogP contribution in [0.5, 0.6) is 0 Å². The molecule has 0 aromatic carbocycles. The Labute approximate surface area is 116 Å². The number of aliphatic carboxylic acids is 1. The average Bonchev–Trinajstić information content (AvgIpc) is 2.40. The fourth-order valence-corrected chi connectivity index (χ4v) is 2.05. The van der Waals surface area contributed by atoms with Crippen LogP contribution in [0.3, 0.4) is 0 Å². The van der Waals surface area contributed by atoms with Gasteiger partial charge in [0.05, 0.1) is 6.10 Å². The molecule has 1 aromatic rings. The molecule has 6 heteroatoms. The van der Waals surface area contributed by atoms with Crippen LogP contribution in [0.4, 0.5) is 0 Å². The number of carboxylic acids is 1. The standard InChI is InChI=1S/C14H16N2O4/c1-20-11-6-10(7-11)16-14(19)12-4-5-15-8-9(12)2-3-13(17)18/h2-5,8,10-11H,6-7H2,1H3,(H,16,19)(H,17,18)/b3-2+. The number of nitrogens with one attached hydrogen (secondary N) is 1. The van der Waals surface area contributed by atoms with E-state index in [0.717, 1.165) is 18.9 Å². The summed E-state index contributed by atoms with van der Waals surface area (Å²) in [7, 11) is 1.65. The van der Waals surface area contributed by atoms with Crippen molar-refractivity contribution >= 4 is 18.0 Å². The second-order valence-electron chi connectivity index (χ2n) is 4.63. The molecule has 2 rings (SSSR count). The lowest BCUT2D eigenvalue weighted by Crippen LogP contribution is -2.47. The number of methoxy groups -OCH3 is 1. The topological polar surface area (TPSA) is 88.5 Å². The van der Waals surface area contributed by atoms with E-state index in [2.05, 4.69) is 10.3 Å². The predicted octanol–water partition coefficient (Wildman–Crippen LogP) is 1.09. The molecule has 0 radical (unpaired) electrons. The molecule has 106 valence electrons. The lowest BCUT2D eigenvalue weighted by molar-refractivity contribution is -0.131. The maximum atomic E-state index is 12.1. The first kappa shape index (κ1) is 14.2. The quantitative estimate of drug-likeness (QED) is 0.786. The van der Waals surface area contributed by atoms with Crippen LogP contribution in [0.2, 0.25) is 0 Å². The average molecular weight is 276 g/mol. The van der Waals surface area contributed by atoms with E-state index in [9.17, 15) is 9.59 Å². The van der Waals surface area contributed by atoms with Gasteiger partial charge < -0.3 is 15.2 Å². The molecule has 2 N–H and O–H groups in total. The van der Waals surface area contributed by atoms with E-state index in [1.165, 1.54) is 18.5 Å². The molecule has 0 bridgehead atoms. The molecule has 1 heterocycles. The van der Waals surface area contributed by atoms with Gasteiger partial charge in [-0.15, -0.1) is 0 Å². The SMILES string of the molecule is COC1CC(NC(=O)c2ccncc2/C=C/C(=O)O)C1. The zero-order valence-electron chi connectivity index (χ0n) is 11.1. The van der Waals surface area contributed by atoms with Gasteiger partial charge in [-0.25, -0.2) is 4.79 Å². The van der Waals surface area contributed by atoms with Gasteiger partial charge in [-0.3, -0.25) is 9.78 Å². The number of nitrogens with zero attached hydrogens (tertiary/aromatic N) is 1. The minimum Gasteiger partial charge on any atom is -0.478 e. The molecule has 0 unspecified atom stereocenters. The molecular weight excluding hydrogens is 260 g/mol. The monoisotopic (exact) mass is 276 g/mol. The van der Waals surface area contributed by atoms with Gasteiger partial charge in [0.2, 0.25) is 0 Å². The van der Waals surface area contributed by atoms with E-state index in [1.807, 2.05) is 0 Å². The van der Waals surface area contributed by atoms with Gasteiger partial charge >= 0.3 is 5.97 Å². The van der Waals surface area contributed by atoms with E-state index in [0.29, 0.717) is 11.1 Å². The highest BCUT2D eigenvalue weighted by atomic mass is 16.5. The Kier molecular flexibility index (Phi) is 4.47.